The van der Waals surface area contributed by atoms with Gasteiger partial charge in [-0.25, -0.2) is 4.79 Å². The summed E-state index contributed by atoms with van der Waals surface area (Å²) in [4.78, 5) is 22.7. The van der Waals surface area contributed by atoms with Crippen LogP contribution in [0, 0.1) is 0 Å². The first kappa shape index (κ1) is 14.9. The highest BCUT2D eigenvalue weighted by Gasteiger charge is 2.26. The number of hydrogen-bond donors (Lipinski definition) is 3. The molecule has 3 N–H and O–H groups in total. The number of rotatable bonds is 4. The summed E-state index contributed by atoms with van der Waals surface area (Å²) in [5.74, 6) is -1.97. The lowest BCUT2D eigenvalue weighted by Crippen LogP contribution is -2.47. The molecule has 0 spiro atoms. The molecule has 0 aromatic heterocycles. The Morgan fingerprint density at radius 3 is 2.56 bits per heavy atom. The van der Waals surface area contributed by atoms with Gasteiger partial charge >= 0.3 is 5.97 Å². The van der Waals surface area contributed by atoms with Crippen LogP contribution in [0.4, 0.5) is 0 Å². The maximum Gasteiger partial charge on any atom is 0.328 e. The molecule has 5 nitrogen and oxygen atoms in total. The van der Waals surface area contributed by atoms with Gasteiger partial charge in [0.05, 0.1) is 16.7 Å². The molecule has 0 bridgehead atoms. The molecule has 1 amide bonds. The molecule has 1 aromatic rings. The van der Waals surface area contributed by atoms with E-state index in [9.17, 15) is 14.7 Å². The molecule has 0 heterocycles. The zero-order valence-corrected chi connectivity index (χ0v) is 11.7. The van der Waals surface area contributed by atoms with Crippen LogP contribution in [0.2, 0.25) is 5.02 Å². The normalized spacial score (nSPS) is 13.8. The van der Waals surface area contributed by atoms with Gasteiger partial charge in [-0.05, 0) is 25.1 Å². The van der Waals surface area contributed by atoms with E-state index >= 15 is 0 Å². The van der Waals surface area contributed by atoms with E-state index in [1.165, 1.54) is 19.1 Å². The van der Waals surface area contributed by atoms with Crippen molar-refractivity contribution in [2.24, 2.45) is 0 Å². The first-order chi connectivity index (χ1) is 8.32. The Labute approximate surface area is 117 Å². The number of nitrogens with one attached hydrogen (secondary N) is 1. The summed E-state index contributed by atoms with van der Waals surface area (Å²) >= 11 is 9.03. The molecule has 0 radical (unpaired) electrons. The SMILES string of the molecule is C[C@@H](O)[C@H](NC(=O)c1cc(Br)ccc1Cl)C(=O)O. The second kappa shape index (κ2) is 6.17. The second-order valence-electron chi connectivity index (χ2n) is 3.65. The Hall–Kier alpha value is -1.11. The molecule has 0 aliphatic rings. The van der Waals surface area contributed by atoms with E-state index < -0.39 is 24.0 Å². The van der Waals surface area contributed by atoms with Gasteiger partial charge in [0.1, 0.15) is 0 Å². The Bertz CT molecular complexity index is 478. The number of hydrogen-bond acceptors (Lipinski definition) is 3. The number of aliphatic hydroxyl groups excluding tert-OH is 1. The molecule has 1 aromatic carbocycles. The van der Waals surface area contributed by atoms with E-state index in [0.29, 0.717) is 4.47 Å². The van der Waals surface area contributed by atoms with Crippen molar-refractivity contribution in [3.8, 4) is 0 Å². The average molecular weight is 337 g/mol. The Kier molecular flexibility index (Phi) is 5.13. The zero-order valence-electron chi connectivity index (χ0n) is 9.35. The first-order valence-corrected chi connectivity index (χ1v) is 6.17. The van der Waals surface area contributed by atoms with Crippen LogP contribution in [0.3, 0.4) is 0 Å². The van der Waals surface area contributed by atoms with E-state index in [1.807, 2.05) is 0 Å². The van der Waals surface area contributed by atoms with E-state index in [0.717, 1.165) is 0 Å². The smallest absolute Gasteiger partial charge is 0.328 e. The number of carboxylic acid groups (broad SMARTS) is 1. The summed E-state index contributed by atoms with van der Waals surface area (Å²) in [6.07, 6.45) is -1.21. The van der Waals surface area contributed by atoms with Gasteiger partial charge in [0.2, 0.25) is 0 Å². The van der Waals surface area contributed by atoms with Gasteiger partial charge in [-0.2, -0.15) is 0 Å². The summed E-state index contributed by atoms with van der Waals surface area (Å²) < 4.78 is 0.640. The molecule has 18 heavy (non-hydrogen) atoms. The highest BCUT2D eigenvalue weighted by Crippen LogP contribution is 2.21. The fourth-order valence-corrected chi connectivity index (χ4v) is 1.84. The summed E-state index contributed by atoms with van der Waals surface area (Å²) in [5, 5.41) is 20.5. The third kappa shape index (κ3) is 3.69. The standard InChI is InChI=1S/C11H11BrClNO4/c1-5(15)9(11(17)18)14-10(16)7-4-6(12)2-3-8(7)13/h2-5,9,15H,1H3,(H,14,16)(H,17,18)/t5-,9+/m1/s1. The highest BCUT2D eigenvalue weighted by molar-refractivity contribution is 9.10. The van der Waals surface area contributed by atoms with Crippen LogP contribution >= 0.6 is 27.5 Å². The van der Waals surface area contributed by atoms with Crippen molar-refractivity contribution in [3.63, 3.8) is 0 Å². The maximum absolute atomic E-state index is 11.8. The molecule has 0 aliphatic carbocycles. The van der Waals surface area contributed by atoms with Crippen molar-refractivity contribution in [2.75, 3.05) is 0 Å². The van der Waals surface area contributed by atoms with Crippen molar-refractivity contribution in [2.45, 2.75) is 19.1 Å². The van der Waals surface area contributed by atoms with Gasteiger partial charge in [-0.3, -0.25) is 4.79 Å². The predicted octanol–water partition coefficient (Wildman–Crippen LogP) is 1.67. The van der Waals surface area contributed by atoms with Crippen LogP contribution in [0.15, 0.2) is 22.7 Å². The van der Waals surface area contributed by atoms with Gasteiger partial charge in [0, 0.05) is 4.47 Å². The van der Waals surface area contributed by atoms with Crippen LogP contribution in [-0.4, -0.2) is 34.2 Å². The number of aliphatic hydroxyl groups is 1. The number of amides is 1. The van der Waals surface area contributed by atoms with Gasteiger partial charge < -0.3 is 15.5 Å². The fraction of sp³-hybridized carbons (Fsp3) is 0.273. The molecule has 2 atom stereocenters. The number of aliphatic carboxylic acids is 1. The number of carbonyl (C=O) groups excluding carboxylic acids is 1. The largest absolute Gasteiger partial charge is 0.480 e. The topological polar surface area (TPSA) is 86.6 Å². The third-order valence-corrected chi connectivity index (χ3v) is 3.03. The second-order valence-corrected chi connectivity index (χ2v) is 4.98. The molecule has 7 heteroatoms. The lowest BCUT2D eigenvalue weighted by Gasteiger charge is -2.17. The lowest BCUT2D eigenvalue weighted by molar-refractivity contribution is -0.141. The van der Waals surface area contributed by atoms with E-state index in [-0.39, 0.29) is 10.6 Å². The minimum absolute atomic E-state index is 0.137. The third-order valence-electron chi connectivity index (χ3n) is 2.21. The van der Waals surface area contributed by atoms with Crippen LogP contribution in [-0.2, 0) is 4.79 Å². The summed E-state index contributed by atoms with van der Waals surface area (Å²) in [6, 6.07) is 3.26. The van der Waals surface area contributed by atoms with Crippen molar-refractivity contribution in [1.29, 1.82) is 0 Å². The van der Waals surface area contributed by atoms with E-state index in [2.05, 4.69) is 21.2 Å². The summed E-state index contributed by atoms with van der Waals surface area (Å²) in [7, 11) is 0. The Morgan fingerprint density at radius 1 is 1.44 bits per heavy atom. The zero-order chi connectivity index (χ0) is 13.9. The summed E-state index contributed by atoms with van der Waals surface area (Å²) in [6.45, 7) is 1.28. The lowest BCUT2D eigenvalue weighted by atomic mass is 10.1. The van der Waals surface area contributed by atoms with Gasteiger partial charge in [0.15, 0.2) is 6.04 Å². The van der Waals surface area contributed by atoms with Gasteiger partial charge in [-0.1, -0.05) is 27.5 Å². The van der Waals surface area contributed by atoms with Gasteiger partial charge in [0.25, 0.3) is 5.91 Å². The van der Waals surface area contributed by atoms with Crippen LogP contribution in [0.5, 0.6) is 0 Å². The predicted molar refractivity (Wildman–Crippen MR) is 69.7 cm³/mol. The molecule has 1 rings (SSSR count). The Balaban J connectivity index is 2.94. The highest BCUT2D eigenvalue weighted by atomic mass is 79.9. The molecule has 0 fully saturated rings. The molecule has 0 aliphatic heterocycles. The molecular formula is C11H11BrClNO4. The molecule has 0 saturated carbocycles. The average Bonchev–Trinajstić information content (AvgIpc) is 2.28. The van der Waals surface area contributed by atoms with Crippen molar-refractivity contribution in [1.82, 2.24) is 5.32 Å². The monoisotopic (exact) mass is 335 g/mol. The number of benzene rings is 1. The van der Waals surface area contributed by atoms with Crippen LogP contribution < -0.4 is 5.32 Å². The molecule has 0 unspecified atom stereocenters. The van der Waals surface area contributed by atoms with E-state index in [1.54, 1.807) is 6.07 Å². The quantitative estimate of drug-likeness (QED) is 0.780. The molecule has 98 valence electrons. The van der Waals surface area contributed by atoms with Gasteiger partial charge in [-0.15, -0.1) is 0 Å². The summed E-state index contributed by atoms with van der Waals surface area (Å²) in [5.41, 5.74) is 0.137. The van der Waals surface area contributed by atoms with Crippen LogP contribution in [0.25, 0.3) is 0 Å². The molecule has 0 saturated heterocycles. The number of carboxylic acids is 1. The van der Waals surface area contributed by atoms with Crippen LogP contribution in [0.1, 0.15) is 17.3 Å². The van der Waals surface area contributed by atoms with E-state index in [4.69, 9.17) is 16.7 Å². The van der Waals surface area contributed by atoms with Crippen molar-refractivity contribution >= 4 is 39.4 Å². The maximum atomic E-state index is 11.8. The number of halogens is 2. The fourth-order valence-electron chi connectivity index (χ4n) is 1.28. The van der Waals surface area contributed by atoms with Crippen molar-refractivity contribution < 1.29 is 19.8 Å². The minimum atomic E-state index is -1.38. The first-order valence-electron chi connectivity index (χ1n) is 4.99. The number of carbonyl (C=O) groups is 2. The minimum Gasteiger partial charge on any atom is -0.480 e. The van der Waals surface area contributed by atoms with Crippen molar-refractivity contribution in [3.05, 3.63) is 33.3 Å². The Morgan fingerprint density at radius 2 is 2.06 bits per heavy atom. The molecular weight excluding hydrogens is 325 g/mol.